The Morgan fingerprint density at radius 2 is 1.67 bits per heavy atom. The van der Waals surface area contributed by atoms with E-state index in [1.807, 2.05) is 43.5 Å². The summed E-state index contributed by atoms with van der Waals surface area (Å²) in [6.45, 7) is 2.40. The zero-order valence-corrected chi connectivity index (χ0v) is 13.3. The predicted molar refractivity (Wildman–Crippen MR) is 94.3 cm³/mol. The number of aryl methyl sites for hydroxylation is 1. The van der Waals surface area contributed by atoms with Crippen LogP contribution in [0, 0.1) is 6.92 Å². The van der Waals surface area contributed by atoms with Crippen molar-refractivity contribution in [3.63, 3.8) is 0 Å². The van der Waals surface area contributed by atoms with Gasteiger partial charge in [0.25, 0.3) is 5.78 Å². The number of hydrogen-bond donors (Lipinski definition) is 1. The second kappa shape index (κ2) is 5.86. The van der Waals surface area contributed by atoms with Gasteiger partial charge in [-0.2, -0.15) is 10.1 Å². The van der Waals surface area contributed by atoms with Gasteiger partial charge in [0.1, 0.15) is 5.82 Å². The maximum atomic E-state index is 5.70. The van der Waals surface area contributed by atoms with E-state index in [1.54, 1.807) is 4.52 Å². The Balaban J connectivity index is 1.97. The van der Waals surface area contributed by atoms with Gasteiger partial charge in [-0.25, -0.2) is 9.50 Å². The van der Waals surface area contributed by atoms with Crippen LogP contribution < -0.4 is 5.73 Å². The molecule has 0 saturated carbocycles. The molecule has 5 heteroatoms. The number of fused-ring (bicyclic) bond motifs is 1. The minimum atomic E-state index is 0.529. The molecule has 0 unspecified atom stereocenters. The lowest BCUT2D eigenvalue weighted by Crippen LogP contribution is -1.98. The minimum absolute atomic E-state index is 0.529. The topological polar surface area (TPSA) is 69.1 Å². The third kappa shape index (κ3) is 2.55. The Morgan fingerprint density at radius 3 is 2.38 bits per heavy atom. The Labute approximate surface area is 139 Å². The molecule has 0 spiro atoms. The fourth-order valence-corrected chi connectivity index (χ4v) is 2.77. The standard InChI is InChI=1S/C19H17N5/c1-13-21-19-22-18(16-9-7-14(11-20)8-10-16)17(12-24(19)23-13)15-5-3-2-4-6-15/h2-10,12H,11,20H2,1H3. The van der Waals surface area contributed by atoms with Crippen LogP contribution in [0.25, 0.3) is 28.2 Å². The first-order valence-electron chi connectivity index (χ1n) is 7.83. The molecule has 2 aromatic heterocycles. The van der Waals surface area contributed by atoms with Gasteiger partial charge in [-0.3, -0.25) is 0 Å². The average molecular weight is 315 g/mol. The van der Waals surface area contributed by atoms with E-state index in [-0.39, 0.29) is 0 Å². The summed E-state index contributed by atoms with van der Waals surface area (Å²) in [6, 6.07) is 18.4. The first-order chi connectivity index (χ1) is 11.7. The van der Waals surface area contributed by atoms with Crippen LogP contribution >= 0.6 is 0 Å². The van der Waals surface area contributed by atoms with Crippen molar-refractivity contribution in [1.82, 2.24) is 19.6 Å². The molecule has 2 aromatic carbocycles. The quantitative estimate of drug-likeness (QED) is 0.630. The number of nitrogens with zero attached hydrogens (tertiary/aromatic N) is 4. The third-order valence-corrected chi connectivity index (χ3v) is 3.99. The van der Waals surface area contributed by atoms with Gasteiger partial charge in [0, 0.05) is 23.9 Å². The van der Waals surface area contributed by atoms with E-state index in [9.17, 15) is 0 Å². The van der Waals surface area contributed by atoms with Crippen molar-refractivity contribution in [2.45, 2.75) is 13.5 Å². The molecule has 24 heavy (non-hydrogen) atoms. The zero-order valence-electron chi connectivity index (χ0n) is 13.3. The first-order valence-corrected chi connectivity index (χ1v) is 7.83. The molecular formula is C19H17N5. The van der Waals surface area contributed by atoms with Gasteiger partial charge in [-0.05, 0) is 18.1 Å². The van der Waals surface area contributed by atoms with Crippen LogP contribution in [0.4, 0.5) is 0 Å². The highest BCUT2D eigenvalue weighted by atomic mass is 15.3. The van der Waals surface area contributed by atoms with E-state index in [1.165, 1.54) is 0 Å². The van der Waals surface area contributed by atoms with Gasteiger partial charge >= 0.3 is 0 Å². The van der Waals surface area contributed by atoms with E-state index in [0.717, 1.165) is 27.9 Å². The Hall–Kier alpha value is -3.05. The van der Waals surface area contributed by atoms with Gasteiger partial charge in [0.2, 0.25) is 0 Å². The van der Waals surface area contributed by atoms with E-state index in [4.69, 9.17) is 10.7 Å². The van der Waals surface area contributed by atoms with E-state index < -0.39 is 0 Å². The average Bonchev–Trinajstić information content (AvgIpc) is 3.00. The molecule has 0 fully saturated rings. The number of hydrogen-bond acceptors (Lipinski definition) is 4. The van der Waals surface area contributed by atoms with E-state index in [2.05, 4.69) is 34.3 Å². The first kappa shape index (κ1) is 14.5. The van der Waals surface area contributed by atoms with Gasteiger partial charge in [0.15, 0.2) is 0 Å². The van der Waals surface area contributed by atoms with Crippen LogP contribution in [0.5, 0.6) is 0 Å². The monoisotopic (exact) mass is 315 g/mol. The minimum Gasteiger partial charge on any atom is -0.326 e. The normalized spacial score (nSPS) is 11.1. The van der Waals surface area contributed by atoms with Gasteiger partial charge in [-0.1, -0.05) is 54.6 Å². The van der Waals surface area contributed by atoms with E-state index >= 15 is 0 Å². The second-order valence-electron chi connectivity index (χ2n) is 5.67. The van der Waals surface area contributed by atoms with Crippen LogP contribution in [0.3, 0.4) is 0 Å². The summed E-state index contributed by atoms with van der Waals surface area (Å²) in [5.74, 6) is 1.31. The van der Waals surface area contributed by atoms with Gasteiger partial charge in [0.05, 0.1) is 5.69 Å². The zero-order chi connectivity index (χ0) is 16.5. The van der Waals surface area contributed by atoms with Crippen molar-refractivity contribution in [1.29, 1.82) is 0 Å². The summed E-state index contributed by atoms with van der Waals surface area (Å²) in [5, 5.41) is 4.39. The van der Waals surface area contributed by atoms with Crippen molar-refractivity contribution < 1.29 is 0 Å². The van der Waals surface area contributed by atoms with Crippen LogP contribution in [-0.2, 0) is 6.54 Å². The molecule has 5 nitrogen and oxygen atoms in total. The van der Waals surface area contributed by atoms with Crippen molar-refractivity contribution in [3.8, 4) is 22.4 Å². The molecule has 2 heterocycles. The van der Waals surface area contributed by atoms with E-state index in [0.29, 0.717) is 18.1 Å². The third-order valence-electron chi connectivity index (χ3n) is 3.99. The van der Waals surface area contributed by atoms with Crippen molar-refractivity contribution in [2.75, 3.05) is 0 Å². The second-order valence-corrected chi connectivity index (χ2v) is 5.67. The summed E-state index contributed by atoms with van der Waals surface area (Å²) < 4.78 is 1.73. The molecule has 0 saturated heterocycles. The molecule has 0 radical (unpaired) electrons. The van der Waals surface area contributed by atoms with Crippen molar-refractivity contribution in [2.24, 2.45) is 5.73 Å². The molecule has 0 aliphatic heterocycles. The number of rotatable bonds is 3. The molecule has 0 amide bonds. The summed E-state index contributed by atoms with van der Waals surface area (Å²) in [5.41, 5.74) is 10.8. The summed E-state index contributed by atoms with van der Waals surface area (Å²) in [4.78, 5) is 9.14. The maximum Gasteiger partial charge on any atom is 0.252 e. The van der Waals surface area contributed by atoms with Crippen LogP contribution in [0.2, 0.25) is 0 Å². The molecule has 0 aliphatic rings. The summed E-state index contributed by atoms with van der Waals surface area (Å²) in [7, 11) is 0. The maximum absolute atomic E-state index is 5.70. The number of benzene rings is 2. The van der Waals surface area contributed by atoms with Crippen molar-refractivity contribution in [3.05, 3.63) is 72.2 Å². The summed E-state index contributed by atoms with van der Waals surface area (Å²) >= 11 is 0. The lowest BCUT2D eigenvalue weighted by atomic mass is 10.00. The van der Waals surface area contributed by atoms with Crippen LogP contribution in [0.1, 0.15) is 11.4 Å². The SMILES string of the molecule is Cc1nc2nc(-c3ccc(CN)cc3)c(-c3ccccc3)cn2n1. The molecule has 0 atom stereocenters. The number of nitrogens with two attached hydrogens (primary N) is 1. The Kier molecular flexibility index (Phi) is 3.55. The Bertz CT molecular complexity index is 988. The van der Waals surface area contributed by atoms with Gasteiger partial charge in [-0.15, -0.1) is 0 Å². The lowest BCUT2D eigenvalue weighted by molar-refractivity contribution is 0.919. The molecule has 0 bridgehead atoms. The highest BCUT2D eigenvalue weighted by Gasteiger charge is 2.13. The predicted octanol–water partition coefficient (Wildman–Crippen LogP) is 3.23. The van der Waals surface area contributed by atoms with Gasteiger partial charge < -0.3 is 5.73 Å². The van der Waals surface area contributed by atoms with Crippen LogP contribution in [-0.4, -0.2) is 19.6 Å². The molecular weight excluding hydrogens is 298 g/mol. The summed E-state index contributed by atoms with van der Waals surface area (Å²) in [6.07, 6.45) is 1.99. The molecule has 118 valence electrons. The molecule has 2 N–H and O–H groups in total. The van der Waals surface area contributed by atoms with Crippen LogP contribution in [0.15, 0.2) is 60.8 Å². The lowest BCUT2D eigenvalue weighted by Gasteiger charge is -2.10. The fourth-order valence-electron chi connectivity index (χ4n) is 2.77. The fraction of sp³-hybridized carbons (Fsp3) is 0.105. The highest BCUT2D eigenvalue weighted by molar-refractivity contribution is 5.81. The largest absolute Gasteiger partial charge is 0.326 e. The smallest absolute Gasteiger partial charge is 0.252 e. The molecule has 4 aromatic rings. The highest BCUT2D eigenvalue weighted by Crippen LogP contribution is 2.30. The Morgan fingerprint density at radius 1 is 0.917 bits per heavy atom. The molecule has 0 aliphatic carbocycles. The molecule has 4 rings (SSSR count). The number of aromatic nitrogens is 4. The van der Waals surface area contributed by atoms with Crippen molar-refractivity contribution >= 4 is 5.78 Å².